The maximum Gasteiger partial charge on any atom is 0.309 e. The Morgan fingerprint density at radius 3 is 2.39 bits per heavy atom. The lowest BCUT2D eigenvalue weighted by atomic mass is 9.55. The van der Waals surface area contributed by atoms with Crippen LogP contribution in [0.4, 0.5) is 0 Å². The summed E-state index contributed by atoms with van der Waals surface area (Å²) in [6, 6.07) is 0. The minimum absolute atomic E-state index is 0.0584. The van der Waals surface area contributed by atoms with Crippen molar-refractivity contribution in [2.75, 3.05) is 0 Å². The third-order valence-electron chi connectivity index (χ3n) is 9.51. The molecule has 2 fully saturated rings. The van der Waals surface area contributed by atoms with Gasteiger partial charge in [0.25, 0.3) is 0 Å². The number of esters is 1. The van der Waals surface area contributed by atoms with Gasteiger partial charge in [0.05, 0.1) is 5.92 Å². The fraction of sp³-hybridized carbons (Fsp3) is 0.897. The van der Waals surface area contributed by atoms with Crippen LogP contribution in [0.1, 0.15) is 114 Å². The topological polar surface area (TPSA) is 26.3 Å². The van der Waals surface area contributed by atoms with Gasteiger partial charge in [0, 0.05) is 5.92 Å². The number of carbonyl (C=O) groups is 1. The SMILES string of the molecule is CCC1(OC(=O)C2CCC(C)CC2C(C(C)C(C)(C)C)C(C)(C)C)CCC2=CCCC21. The first-order valence-corrected chi connectivity index (χ1v) is 13.2. The van der Waals surface area contributed by atoms with Crippen LogP contribution in [0.3, 0.4) is 0 Å². The van der Waals surface area contributed by atoms with Gasteiger partial charge in [0.15, 0.2) is 0 Å². The van der Waals surface area contributed by atoms with E-state index in [0.717, 1.165) is 44.9 Å². The summed E-state index contributed by atoms with van der Waals surface area (Å²) in [5.41, 5.74) is 1.73. The molecule has 7 atom stereocenters. The van der Waals surface area contributed by atoms with Crippen LogP contribution in [0, 0.1) is 46.3 Å². The van der Waals surface area contributed by atoms with Crippen LogP contribution in [-0.4, -0.2) is 11.6 Å². The molecule has 2 heteroatoms. The molecule has 0 aliphatic heterocycles. The van der Waals surface area contributed by atoms with Crippen LogP contribution in [0.2, 0.25) is 0 Å². The highest BCUT2D eigenvalue weighted by molar-refractivity contribution is 5.74. The lowest BCUT2D eigenvalue weighted by Crippen LogP contribution is -2.48. The molecule has 2 nitrogen and oxygen atoms in total. The third-order valence-corrected chi connectivity index (χ3v) is 9.51. The molecule has 0 aromatic rings. The van der Waals surface area contributed by atoms with Gasteiger partial charge in [-0.05, 0) is 85.9 Å². The molecular weight excluding hydrogens is 380 g/mol. The first-order valence-electron chi connectivity index (χ1n) is 13.2. The van der Waals surface area contributed by atoms with Gasteiger partial charge in [-0.3, -0.25) is 4.79 Å². The van der Waals surface area contributed by atoms with Crippen molar-refractivity contribution in [2.24, 2.45) is 46.3 Å². The Balaban J connectivity index is 1.88. The zero-order valence-electron chi connectivity index (χ0n) is 22.0. The molecule has 2 saturated carbocycles. The Morgan fingerprint density at radius 1 is 1.13 bits per heavy atom. The van der Waals surface area contributed by atoms with Gasteiger partial charge in [-0.2, -0.15) is 0 Å². The summed E-state index contributed by atoms with van der Waals surface area (Å²) in [4.78, 5) is 13.9. The van der Waals surface area contributed by atoms with Gasteiger partial charge >= 0.3 is 5.97 Å². The zero-order chi connectivity index (χ0) is 23.2. The van der Waals surface area contributed by atoms with Crippen LogP contribution in [0.5, 0.6) is 0 Å². The molecule has 31 heavy (non-hydrogen) atoms. The van der Waals surface area contributed by atoms with E-state index in [-0.39, 0.29) is 28.3 Å². The summed E-state index contributed by atoms with van der Waals surface area (Å²) < 4.78 is 6.62. The van der Waals surface area contributed by atoms with Gasteiger partial charge in [-0.1, -0.05) is 74.0 Å². The molecule has 0 amide bonds. The van der Waals surface area contributed by atoms with Crippen molar-refractivity contribution in [1.29, 1.82) is 0 Å². The maximum atomic E-state index is 13.9. The van der Waals surface area contributed by atoms with E-state index in [1.807, 2.05) is 0 Å². The highest BCUT2D eigenvalue weighted by atomic mass is 16.6. The van der Waals surface area contributed by atoms with Crippen molar-refractivity contribution in [2.45, 2.75) is 119 Å². The van der Waals surface area contributed by atoms with Gasteiger partial charge in [-0.25, -0.2) is 0 Å². The minimum atomic E-state index is -0.236. The first kappa shape index (κ1) is 24.8. The average Bonchev–Trinajstić information content (AvgIpc) is 3.24. The second kappa shape index (κ2) is 8.86. The van der Waals surface area contributed by atoms with Crippen LogP contribution in [0.15, 0.2) is 11.6 Å². The van der Waals surface area contributed by atoms with E-state index in [2.05, 4.69) is 68.4 Å². The van der Waals surface area contributed by atoms with E-state index in [4.69, 9.17) is 4.74 Å². The summed E-state index contributed by atoms with van der Waals surface area (Å²) in [6.45, 7) is 21.3. The fourth-order valence-electron chi connectivity index (χ4n) is 7.48. The van der Waals surface area contributed by atoms with Gasteiger partial charge in [0.2, 0.25) is 0 Å². The average molecular weight is 431 g/mol. The molecule has 178 valence electrons. The van der Waals surface area contributed by atoms with Crippen LogP contribution < -0.4 is 0 Å². The molecular formula is C29H50O2. The number of fused-ring (bicyclic) bond motifs is 1. The Morgan fingerprint density at radius 2 is 1.81 bits per heavy atom. The quantitative estimate of drug-likeness (QED) is 0.324. The lowest BCUT2D eigenvalue weighted by molar-refractivity contribution is -0.176. The predicted molar refractivity (Wildman–Crippen MR) is 131 cm³/mol. The lowest BCUT2D eigenvalue weighted by Gasteiger charge is -2.50. The summed E-state index contributed by atoms with van der Waals surface area (Å²) in [6.07, 6.45) is 11.2. The Bertz CT molecular complexity index is 676. The largest absolute Gasteiger partial charge is 0.458 e. The van der Waals surface area contributed by atoms with Gasteiger partial charge < -0.3 is 4.74 Å². The van der Waals surface area contributed by atoms with Crippen molar-refractivity contribution >= 4 is 5.97 Å². The van der Waals surface area contributed by atoms with Crippen LogP contribution in [-0.2, 0) is 9.53 Å². The minimum Gasteiger partial charge on any atom is -0.458 e. The van der Waals surface area contributed by atoms with E-state index >= 15 is 0 Å². The van der Waals surface area contributed by atoms with E-state index < -0.39 is 0 Å². The number of hydrogen-bond donors (Lipinski definition) is 0. The molecule has 0 spiro atoms. The van der Waals surface area contributed by atoms with Crippen LogP contribution in [0.25, 0.3) is 0 Å². The first-order chi connectivity index (χ1) is 14.3. The number of rotatable bonds is 5. The molecule has 0 bridgehead atoms. The van der Waals surface area contributed by atoms with E-state index in [1.165, 1.54) is 6.42 Å². The van der Waals surface area contributed by atoms with Crippen molar-refractivity contribution < 1.29 is 9.53 Å². The van der Waals surface area contributed by atoms with E-state index in [1.54, 1.807) is 5.57 Å². The van der Waals surface area contributed by atoms with E-state index in [9.17, 15) is 4.79 Å². The summed E-state index contributed by atoms with van der Waals surface area (Å²) in [7, 11) is 0. The Kier molecular flexibility index (Phi) is 7.10. The number of ether oxygens (including phenoxy) is 1. The molecule has 0 saturated heterocycles. The molecule has 0 heterocycles. The smallest absolute Gasteiger partial charge is 0.309 e. The maximum absolute atomic E-state index is 13.9. The molecule has 3 rings (SSSR count). The van der Waals surface area contributed by atoms with Crippen molar-refractivity contribution in [3.05, 3.63) is 11.6 Å². The summed E-state index contributed by atoms with van der Waals surface area (Å²) in [5.74, 6) is 2.84. The Labute approximate surface area is 193 Å². The fourth-order valence-corrected chi connectivity index (χ4v) is 7.48. The number of allylic oxidation sites excluding steroid dienone is 1. The monoisotopic (exact) mass is 430 g/mol. The second-order valence-corrected chi connectivity index (χ2v) is 13.5. The van der Waals surface area contributed by atoms with Crippen molar-refractivity contribution in [3.8, 4) is 0 Å². The summed E-state index contributed by atoms with van der Waals surface area (Å²) >= 11 is 0. The zero-order valence-corrected chi connectivity index (χ0v) is 22.0. The summed E-state index contributed by atoms with van der Waals surface area (Å²) in [5, 5.41) is 0. The number of hydrogen-bond acceptors (Lipinski definition) is 2. The van der Waals surface area contributed by atoms with Crippen molar-refractivity contribution in [1.82, 2.24) is 0 Å². The Hall–Kier alpha value is -0.790. The van der Waals surface area contributed by atoms with E-state index in [0.29, 0.717) is 29.6 Å². The highest BCUT2D eigenvalue weighted by Crippen LogP contribution is 2.54. The standard InChI is InChI=1S/C29H50O2/c1-10-29(17-16-21-12-11-13-24(21)29)31-26(30)22-15-14-19(2)18-23(22)25(28(7,8)9)20(3)27(4,5)6/h12,19-20,22-25H,10-11,13-18H2,1-9H3. The normalized spacial score (nSPS) is 36.0. The third kappa shape index (κ3) is 4.93. The van der Waals surface area contributed by atoms with Crippen molar-refractivity contribution in [3.63, 3.8) is 0 Å². The molecule has 0 radical (unpaired) electrons. The number of carbonyl (C=O) groups excluding carboxylic acids is 1. The molecule has 0 aromatic heterocycles. The molecule has 7 unspecified atom stereocenters. The molecule has 3 aliphatic carbocycles. The highest BCUT2D eigenvalue weighted by Gasteiger charge is 2.52. The van der Waals surface area contributed by atoms with Gasteiger partial charge in [-0.15, -0.1) is 0 Å². The molecule has 0 N–H and O–H groups in total. The van der Waals surface area contributed by atoms with Gasteiger partial charge in [0.1, 0.15) is 5.60 Å². The molecule has 3 aliphatic rings. The predicted octanol–water partition coefficient (Wildman–Crippen LogP) is 8.21. The second-order valence-electron chi connectivity index (χ2n) is 13.5. The van der Waals surface area contributed by atoms with Crippen LogP contribution >= 0.6 is 0 Å². The molecule has 0 aromatic carbocycles.